The molecular formula is C62H113N11O13. The second kappa shape index (κ2) is 35.2. The molecule has 1 heterocycles. The Morgan fingerprint density at radius 1 is 0.419 bits per heavy atom. The van der Waals surface area contributed by atoms with Gasteiger partial charge in [0.05, 0.1) is 18.8 Å². The largest absolute Gasteiger partial charge is 0.391 e. The van der Waals surface area contributed by atoms with Gasteiger partial charge in [0.2, 0.25) is 65.0 Å². The summed E-state index contributed by atoms with van der Waals surface area (Å²) in [6.07, 6.45) is -0.752. The molecule has 1 rings (SSSR count). The average Bonchev–Trinajstić information content (AvgIpc) is 2.16. The maximum absolute atomic E-state index is 15.2. The summed E-state index contributed by atoms with van der Waals surface area (Å²) in [5.41, 5.74) is 0. The molecule has 24 nitrogen and oxygen atoms in total. The van der Waals surface area contributed by atoms with Crippen LogP contribution in [0.2, 0.25) is 0 Å². The van der Waals surface area contributed by atoms with Crippen molar-refractivity contribution in [2.75, 3.05) is 55.9 Å². The van der Waals surface area contributed by atoms with E-state index in [4.69, 9.17) is 0 Å². The van der Waals surface area contributed by atoms with Gasteiger partial charge in [-0.25, -0.2) is 0 Å². The summed E-state index contributed by atoms with van der Waals surface area (Å²) in [4.78, 5) is 168. The third kappa shape index (κ3) is 21.7. The minimum atomic E-state index is -1.73. The normalized spacial score (nSPS) is 27.0. The summed E-state index contributed by atoms with van der Waals surface area (Å²) in [5.74, 6) is -10.5. The van der Waals surface area contributed by atoms with E-state index in [9.17, 15) is 53.4 Å². The zero-order valence-electron chi connectivity index (χ0n) is 56.6. The Balaban J connectivity index is 4.36. The van der Waals surface area contributed by atoms with E-state index < -0.39 is 162 Å². The van der Waals surface area contributed by atoms with Crippen molar-refractivity contribution in [3.8, 4) is 0 Å². The van der Waals surface area contributed by atoms with E-state index in [0.29, 0.717) is 12.8 Å². The first-order valence-electron chi connectivity index (χ1n) is 31.0. The number of nitrogens with one attached hydrogen (secondary N) is 4. The second-order valence-corrected chi connectivity index (χ2v) is 26.7. The molecule has 0 bridgehead atoms. The van der Waals surface area contributed by atoms with E-state index in [1.807, 2.05) is 62.3 Å². The van der Waals surface area contributed by atoms with Crippen LogP contribution >= 0.6 is 0 Å². The first-order chi connectivity index (χ1) is 39.6. The van der Waals surface area contributed by atoms with Crippen LogP contribution < -0.4 is 21.3 Å². The number of aliphatic hydroxyl groups excluding tert-OH is 2. The van der Waals surface area contributed by atoms with Crippen molar-refractivity contribution >= 4 is 65.0 Å². The van der Waals surface area contributed by atoms with Crippen molar-refractivity contribution in [3.63, 3.8) is 0 Å². The molecule has 0 aliphatic carbocycles. The van der Waals surface area contributed by atoms with E-state index in [1.54, 1.807) is 34.6 Å². The van der Waals surface area contributed by atoms with Crippen LogP contribution in [-0.2, 0) is 52.7 Å². The lowest BCUT2D eigenvalue weighted by atomic mass is 9.90. The van der Waals surface area contributed by atoms with Crippen molar-refractivity contribution in [1.29, 1.82) is 0 Å². The zero-order chi connectivity index (χ0) is 66.8. The highest BCUT2D eigenvalue weighted by Gasteiger charge is 2.46. The summed E-state index contributed by atoms with van der Waals surface area (Å²) in [6, 6.07) is -13.1. The molecule has 13 atom stereocenters. The molecular weight excluding hydrogens is 1110 g/mol. The molecule has 13 unspecified atom stereocenters. The molecule has 6 N–H and O–H groups in total. The van der Waals surface area contributed by atoms with Crippen LogP contribution in [0, 0.1) is 41.4 Å². The summed E-state index contributed by atoms with van der Waals surface area (Å²) < 4.78 is 0. The molecule has 1 aliphatic heterocycles. The summed E-state index contributed by atoms with van der Waals surface area (Å²) in [6.45, 7) is 28.8. The van der Waals surface area contributed by atoms with Crippen molar-refractivity contribution in [1.82, 2.24) is 55.6 Å². The van der Waals surface area contributed by atoms with Gasteiger partial charge >= 0.3 is 0 Å². The van der Waals surface area contributed by atoms with Gasteiger partial charge in [0.1, 0.15) is 60.4 Å². The van der Waals surface area contributed by atoms with E-state index in [0.717, 1.165) is 21.1 Å². The first kappa shape index (κ1) is 78.1. The second-order valence-electron chi connectivity index (χ2n) is 26.7. The molecule has 0 aromatic rings. The highest BCUT2D eigenvalue weighted by molar-refractivity contribution is 5.99. The van der Waals surface area contributed by atoms with Gasteiger partial charge in [-0.05, 0) is 94.3 Å². The van der Waals surface area contributed by atoms with Gasteiger partial charge in [0.25, 0.3) is 0 Å². The zero-order valence-corrected chi connectivity index (χ0v) is 56.6. The fraction of sp³-hybridized carbons (Fsp3) is 0.823. The van der Waals surface area contributed by atoms with Crippen molar-refractivity contribution < 1.29 is 63.0 Å². The predicted molar refractivity (Wildman–Crippen MR) is 330 cm³/mol. The number of carbonyl (C=O) groups is 11. The lowest BCUT2D eigenvalue weighted by Gasteiger charge is -2.41. The van der Waals surface area contributed by atoms with Crippen molar-refractivity contribution in [3.05, 3.63) is 0 Å². The topological polar surface area (TPSA) is 299 Å². The third-order valence-corrected chi connectivity index (χ3v) is 16.4. The van der Waals surface area contributed by atoms with Crippen LogP contribution in [0.1, 0.15) is 163 Å². The molecule has 86 heavy (non-hydrogen) atoms. The Bertz CT molecular complexity index is 2310. The lowest BCUT2D eigenvalue weighted by Crippen LogP contribution is -2.64. The van der Waals surface area contributed by atoms with Gasteiger partial charge < -0.3 is 65.8 Å². The fourth-order valence-corrected chi connectivity index (χ4v) is 10.9. The smallest absolute Gasteiger partial charge is 0.248 e. The molecule has 24 heteroatoms. The number of amides is 11. The van der Waals surface area contributed by atoms with Crippen LogP contribution in [0.5, 0.6) is 0 Å². The van der Waals surface area contributed by atoms with E-state index in [-0.39, 0.29) is 49.4 Å². The summed E-state index contributed by atoms with van der Waals surface area (Å²) in [5, 5.41) is 34.1. The van der Waals surface area contributed by atoms with E-state index in [1.165, 1.54) is 89.7 Å². The Labute approximate surface area is 514 Å². The standard InChI is InChI=1S/C62H113N11O13/c1-25-26-27-39(14)52(76)51-56(80)66-49(42(17)74)60(84)67(18)32-47(75)68(19)43(28-33(2)3)55(79)65-48(37(10)11)61(85)69(20)44(29-34(4)5)54(78)63-40(15)53(77)64-41(16)57(81)70(21)45(30-35(6)7)58(82)71(22)46(31-36(8)9)59(83)72(23)50(38(12)13)62(86)73(51)24/h33-46,48-52,74,76H,25-32H2,1-24H3,(H,63,78)(H,64,77)(H,65,79)(H,66,80). The molecule has 1 saturated heterocycles. The Morgan fingerprint density at radius 3 is 1.26 bits per heavy atom. The van der Waals surface area contributed by atoms with Gasteiger partial charge in [-0.2, -0.15) is 0 Å². The maximum atomic E-state index is 15.2. The Kier molecular flexibility index (Phi) is 31.9. The van der Waals surface area contributed by atoms with Gasteiger partial charge in [-0.1, -0.05) is 110 Å². The maximum Gasteiger partial charge on any atom is 0.248 e. The highest BCUT2D eigenvalue weighted by Crippen LogP contribution is 2.26. The third-order valence-electron chi connectivity index (χ3n) is 16.4. The van der Waals surface area contributed by atoms with E-state index >= 15 is 9.59 Å². The first-order valence-corrected chi connectivity index (χ1v) is 31.0. The number of hydrogen-bond donors (Lipinski definition) is 6. The summed E-state index contributed by atoms with van der Waals surface area (Å²) >= 11 is 0. The van der Waals surface area contributed by atoms with Crippen LogP contribution in [0.3, 0.4) is 0 Å². The molecule has 0 aromatic heterocycles. The minimum absolute atomic E-state index is 0.117. The van der Waals surface area contributed by atoms with Gasteiger partial charge in [-0.15, -0.1) is 0 Å². The molecule has 0 spiro atoms. The number of likely N-dealkylation sites (N-methyl/N-ethyl adjacent to an activating group) is 7. The van der Waals surface area contributed by atoms with E-state index in [2.05, 4.69) is 21.3 Å². The number of hydrogen-bond acceptors (Lipinski definition) is 13. The number of rotatable bonds is 16. The van der Waals surface area contributed by atoms with Gasteiger partial charge in [0.15, 0.2) is 0 Å². The number of carbonyl (C=O) groups excluding carboxylic acids is 11. The molecule has 0 aromatic carbocycles. The Morgan fingerprint density at radius 2 is 0.814 bits per heavy atom. The quantitative estimate of drug-likeness (QED) is 0.130. The molecule has 494 valence electrons. The lowest BCUT2D eigenvalue weighted by molar-refractivity contribution is -0.157. The molecule has 0 saturated carbocycles. The van der Waals surface area contributed by atoms with Crippen LogP contribution in [0.25, 0.3) is 0 Å². The number of aliphatic hydroxyl groups is 2. The number of unbranched alkanes of at least 4 members (excludes halogenated alkanes) is 1. The van der Waals surface area contributed by atoms with Gasteiger partial charge in [-0.3, -0.25) is 52.7 Å². The minimum Gasteiger partial charge on any atom is -0.391 e. The highest BCUT2D eigenvalue weighted by atomic mass is 16.3. The molecule has 1 fully saturated rings. The molecule has 1 aliphatic rings. The predicted octanol–water partition coefficient (Wildman–Crippen LogP) is 2.46. The molecule has 11 amide bonds. The van der Waals surface area contributed by atoms with Crippen LogP contribution in [0.4, 0.5) is 0 Å². The monoisotopic (exact) mass is 1220 g/mol. The van der Waals surface area contributed by atoms with Crippen molar-refractivity contribution in [2.45, 2.75) is 235 Å². The fourth-order valence-electron chi connectivity index (χ4n) is 10.9. The summed E-state index contributed by atoms with van der Waals surface area (Å²) in [7, 11) is 9.68. The molecule has 0 radical (unpaired) electrons. The van der Waals surface area contributed by atoms with Crippen LogP contribution in [-0.4, -0.2) is 238 Å². The SMILES string of the molecule is CCCCC(C)C(O)C1C(=O)NC(C(C)O)C(=O)N(C)CC(=O)N(C)C(CC(C)C)C(=O)NC(C(C)C)C(=O)N(C)C(CC(C)C)C(=O)NC(C)C(=O)NC(C)C(=O)N(C)C(CC(C)C)C(=O)N(C)C(CC(C)C)C(=O)N(C)C(C(C)C)C(=O)N1C. The Hall–Kier alpha value is -5.91. The van der Waals surface area contributed by atoms with Crippen LogP contribution in [0.15, 0.2) is 0 Å². The van der Waals surface area contributed by atoms with Gasteiger partial charge in [0, 0.05) is 49.3 Å². The number of nitrogens with zero attached hydrogens (tertiary/aromatic N) is 7. The van der Waals surface area contributed by atoms with Crippen molar-refractivity contribution in [2.24, 2.45) is 41.4 Å². The average molecular weight is 1220 g/mol.